The molecule has 0 spiro atoms. The van der Waals surface area contributed by atoms with Crippen molar-refractivity contribution in [3.63, 3.8) is 0 Å². The second-order valence-electron chi connectivity index (χ2n) is 6.92. The lowest BCUT2D eigenvalue weighted by molar-refractivity contribution is 0.0761. The Labute approximate surface area is 176 Å². The summed E-state index contributed by atoms with van der Waals surface area (Å²) in [5, 5.41) is 5.80. The van der Waals surface area contributed by atoms with E-state index in [1.807, 2.05) is 11.0 Å². The maximum atomic E-state index is 12.8. The van der Waals surface area contributed by atoms with Gasteiger partial charge in [0.05, 0.1) is 7.11 Å². The Hall–Kier alpha value is -2.93. The predicted octanol–water partition coefficient (Wildman–Crippen LogP) is 3.84. The van der Waals surface area contributed by atoms with Crippen molar-refractivity contribution in [2.75, 3.05) is 25.5 Å². The summed E-state index contributed by atoms with van der Waals surface area (Å²) in [5.41, 5.74) is 1.74. The van der Waals surface area contributed by atoms with Gasteiger partial charge in [0.1, 0.15) is 5.75 Å². The summed E-state index contributed by atoms with van der Waals surface area (Å²) in [6.45, 7) is 1.60. The van der Waals surface area contributed by atoms with Gasteiger partial charge in [-0.2, -0.15) is 0 Å². The molecule has 7 heteroatoms. The van der Waals surface area contributed by atoms with Gasteiger partial charge in [-0.1, -0.05) is 18.9 Å². The van der Waals surface area contributed by atoms with E-state index in [4.69, 9.17) is 17.0 Å². The number of nitrogens with one attached hydrogen (secondary N) is 2. The molecule has 2 aromatic rings. The van der Waals surface area contributed by atoms with Crippen LogP contribution >= 0.6 is 12.2 Å². The number of thiocarbonyl (C=S) groups is 1. The highest BCUT2D eigenvalue weighted by Gasteiger charge is 2.17. The number of benzene rings is 2. The van der Waals surface area contributed by atoms with Gasteiger partial charge in [-0.15, -0.1) is 0 Å². The van der Waals surface area contributed by atoms with Gasteiger partial charge < -0.3 is 15.0 Å². The first-order valence-electron chi connectivity index (χ1n) is 9.72. The lowest BCUT2D eigenvalue weighted by Crippen LogP contribution is -2.34. The van der Waals surface area contributed by atoms with Crippen LogP contribution in [0.5, 0.6) is 5.75 Å². The van der Waals surface area contributed by atoms with E-state index < -0.39 is 0 Å². The molecule has 2 aromatic carbocycles. The molecule has 0 bridgehead atoms. The lowest BCUT2D eigenvalue weighted by Gasteiger charge is -2.20. The van der Waals surface area contributed by atoms with Gasteiger partial charge in [-0.05, 0) is 67.5 Å². The van der Waals surface area contributed by atoms with Crippen molar-refractivity contribution in [1.82, 2.24) is 10.2 Å². The molecule has 1 saturated heterocycles. The lowest BCUT2D eigenvalue weighted by atomic mass is 10.1. The summed E-state index contributed by atoms with van der Waals surface area (Å²) in [4.78, 5) is 27.0. The Morgan fingerprint density at radius 2 is 1.66 bits per heavy atom. The third kappa shape index (κ3) is 5.77. The van der Waals surface area contributed by atoms with Crippen LogP contribution in [0.1, 0.15) is 46.4 Å². The number of carbonyl (C=O) groups is 2. The van der Waals surface area contributed by atoms with Crippen molar-refractivity contribution in [3.05, 3.63) is 59.7 Å². The van der Waals surface area contributed by atoms with E-state index in [9.17, 15) is 9.59 Å². The summed E-state index contributed by atoms with van der Waals surface area (Å²) in [5.74, 6) is 0.388. The largest absolute Gasteiger partial charge is 0.497 e. The molecule has 2 N–H and O–H groups in total. The van der Waals surface area contributed by atoms with Crippen LogP contribution in [0.3, 0.4) is 0 Å². The van der Waals surface area contributed by atoms with Crippen molar-refractivity contribution in [1.29, 1.82) is 0 Å². The van der Waals surface area contributed by atoms with E-state index in [0.717, 1.165) is 25.9 Å². The van der Waals surface area contributed by atoms with Crippen molar-refractivity contribution in [3.8, 4) is 5.75 Å². The highest BCUT2D eigenvalue weighted by Crippen LogP contribution is 2.17. The van der Waals surface area contributed by atoms with Crippen LogP contribution < -0.4 is 15.4 Å². The van der Waals surface area contributed by atoms with E-state index in [1.165, 1.54) is 12.8 Å². The molecule has 1 aliphatic rings. The number of amides is 2. The summed E-state index contributed by atoms with van der Waals surface area (Å²) in [7, 11) is 1.57. The number of likely N-dealkylation sites (tertiary alicyclic amines) is 1. The standard InChI is InChI=1S/C22H25N3O3S/c1-28-19-11-9-16(10-12-19)20(26)24-22(29)23-18-8-6-7-17(15-18)21(27)25-13-4-2-3-5-14-25/h6-12,15H,2-5,13-14H2,1H3,(H2,23,24,26,29). The molecule has 1 aliphatic heterocycles. The molecular formula is C22H25N3O3S. The zero-order valence-corrected chi connectivity index (χ0v) is 17.3. The summed E-state index contributed by atoms with van der Waals surface area (Å²) in [6, 6.07) is 13.9. The fourth-order valence-electron chi connectivity index (χ4n) is 3.27. The Morgan fingerprint density at radius 3 is 2.31 bits per heavy atom. The topological polar surface area (TPSA) is 70.7 Å². The number of ether oxygens (including phenoxy) is 1. The molecule has 29 heavy (non-hydrogen) atoms. The highest BCUT2D eigenvalue weighted by molar-refractivity contribution is 7.80. The minimum Gasteiger partial charge on any atom is -0.497 e. The van der Waals surface area contributed by atoms with Gasteiger partial charge in [-0.3, -0.25) is 14.9 Å². The number of rotatable bonds is 4. The number of hydrogen-bond donors (Lipinski definition) is 2. The zero-order chi connectivity index (χ0) is 20.6. The van der Waals surface area contributed by atoms with Crippen LogP contribution in [0.25, 0.3) is 0 Å². The molecule has 152 valence electrons. The van der Waals surface area contributed by atoms with Crippen LogP contribution in [0, 0.1) is 0 Å². The molecule has 0 aliphatic carbocycles. The Morgan fingerprint density at radius 1 is 0.966 bits per heavy atom. The molecule has 0 saturated carbocycles. The van der Waals surface area contributed by atoms with Gasteiger partial charge in [0.25, 0.3) is 11.8 Å². The smallest absolute Gasteiger partial charge is 0.257 e. The Kier molecular flexibility index (Phi) is 7.19. The SMILES string of the molecule is COc1ccc(C(=O)NC(=S)Nc2cccc(C(=O)N3CCCCCC3)c2)cc1. The monoisotopic (exact) mass is 411 g/mol. The van der Waals surface area contributed by atoms with E-state index in [1.54, 1.807) is 49.6 Å². The second-order valence-corrected chi connectivity index (χ2v) is 7.33. The molecule has 0 unspecified atom stereocenters. The van der Waals surface area contributed by atoms with Crippen LogP contribution in [0.15, 0.2) is 48.5 Å². The van der Waals surface area contributed by atoms with Crippen molar-refractivity contribution >= 4 is 34.8 Å². The second kappa shape index (κ2) is 10.0. The predicted molar refractivity (Wildman–Crippen MR) is 117 cm³/mol. The fraction of sp³-hybridized carbons (Fsp3) is 0.318. The minimum absolute atomic E-state index is 0.0312. The minimum atomic E-state index is -0.318. The van der Waals surface area contributed by atoms with Gasteiger partial charge in [0, 0.05) is 29.9 Å². The van der Waals surface area contributed by atoms with E-state index in [2.05, 4.69) is 10.6 Å². The van der Waals surface area contributed by atoms with Crippen LogP contribution in [0.4, 0.5) is 5.69 Å². The molecule has 0 atom stereocenters. The van der Waals surface area contributed by atoms with Crippen LogP contribution in [-0.2, 0) is 0 Å². The van der Waals surface area contributed by atoms with Gasteiger partial charge in [0.2, 0.25) is 0 Å². The van der Waals surface area contributed by atoms with E-state index in [0.29, 0.717) is 22.6 Å². The van der Waals surface area contributed by atoms with Gasteiger partial charge in [0.15, 0.2) is 5.11 Å². The maximum absolute atomic E-state index is 12.8. The third-order valence-corrected chi connectivity index (χ3v) is 5.04. The molecule has 1 heterocycles. The number of hydrogen-bond acceptors (Lipinski definition) is 4. The zero-order valence-electron chi connectivity index (χ0n) is 16.4. The molecule has 0 aromatic heterocycles. The van der Waals surface area contributed by atoms with E-state index in [-0.39, 0.29) is 16.9 Å². The normalized spacial score (nSPS) is 13.9. The van der Waals surface area contributed by atoms with Gasteiger partial charge >= 0.3 is 0 Å². The number of methoxy groups -OCH3 is 1. The average Bonchev–Trinajstić information content (AvgIpc) is 3.03. The quantitative estimate of drug-likeness (QED) is 0.748. The van der Waals surface area contributed by atoms with Crippen molar-refractivity contribution in [2.45, 2.75) is 25.7 Å². The first kappa shape index (κ1) is 20.8. The third-order valence-electron chi connectivity index (χ3n) is 4.84. The summed E-state index contributed by atoms with van der Waals surface area (Å²) in [6.07, 6.45) is 4.44. The van der Waals surface area contributed by atoms with Crippen LogP contribution in [0.2, 0.25) is 0 Å². The summed E-state index contributed by atoms with van der Waals surface area (Å²) < 4.78 is 5.09. The number of anilines is 1. The first-order valence-corrected chi connectivity index (χ1v) is 10.1. The van der Waals surface area contributed by atoms with E-state index >= 15 is 0 Å². The molecular weight excluding hydrogens is 386 g/mol. The summed E-state index contributed by atoms with van der Waals surface area (Å²) >= 11 is 5.25. The Balaban J connectivity index is 1.60. The van der Waals surface area contributed by atoms with Crippen molar-refractivity contribution < 1.29 is 14.3 Å². The highest BCUT2D eigenvalue weighted by atomic mass is 32.1. The average molecular weight is 412 g/mol. The van der Waals surface area contributed by atoms with Crippen LogP contribution in [-0.4, -0.2) is 42.0 Å². The Bertz CT molecular complexity index is 875. The molecule has 1 fully saturated rings. The molecule has 6 nitrogen and oxygen atoms in total. The van der Waals surface area contributed by atoms with Gasteiger partial charge in [-0.25, -0.2) is 0 Å². The molecule has 3 rings (SSSR count). The number of carbonyl (C=O) groups excluding carboxylic acids is 2. The van der Waals surface area contributed by atoms with Crippen molar-refractivity contribution in [2.24, 2.45) is 0 Å². The fourth-order valence-corrected chi connectivity index (χ4v) is 3.48. The molecule has 2 amide bonds. The molecule has 0 radical (unpaired) electrons. The first-order chi connectivity index (χ1) is 14.1. The maximum Gasteiger partial charge on any atom is 0.257 e. The number of nitrogens with zero attached hydrogens (tertiary/aromatic N) is 1.